The summed E-state index contributed by atoms with van der Waals surface area (Å²) in [4.78, 5) is 5.49. The van der Waals surface area contributed by atoms with Gasteiger partial charge in [-0.3, -0.25) is 0 Å². The van der Waals surface area contributed by atoms with Crippen LogP contribution in [-0.2, 0) is 19.3 Å². The maximum Gasteiger partial charge on any atom is 0.125 e. The SMILES string of the molecule is c1cc(CCCN2CC[C@@H]3[C@H](C2)c2cccc4c2N3CCC4)c2c(c1)CCO2. The fourth-order valence-corrected chi connectivity index (χ4v) is 6.21. The Balaban J connectivity index is 1.13. The van der Waals surface area contributed by atoms with Gasteiger partial charge in [0.2, 0.25) is 0 Å². The molecule has 0 bridgehead atoms. The summed E-state index contributed by atoms with van der Waals surface area (Å²) in [6.07, 6.45) is 7.37. The van der Waals surface area contributed by atoms with E-state index in [0.717, 1.165) is 25.5 Å². The van der Waals surface area contributed by atoms with Crippen molar-refractivity contribution in [2.75, 3.05) is 37.7 Å². The van der Waals surface area contributed by atoms with Crippen molar-refractivity contribution in [1.82, 2.24) is 4.90 Å². The molecule has 0 saturated carbocycles. The standard InChI is InChI=1S/C25H30N2O/c1-6-19(25-20(7-1)12-16-28-25)9-3-13-26-15-11-23-22(17-26)21-10-2-5-18-8-4-14-27(23)24(18)21/h1-2,5-7,10,22-23H,3-4,8-9,11-17H2/t22-,23-/m1/s1. The van der Waals surface area contributed by atoms with Crippen LogP contribution < -0.4 is 9.64 Å². The van der Waals surface area contributed by atoms with Gasteiger partial charge in [-0.15, -0.1) is 0 Å². The fourth-order valence-electron chi connectivity index (χ4n) is 6.21. The van der Waals surface area contributed by atoms with E-state index in [1.54, 1.807) is 16.8 Å². The van der Waals surface area contributed by atoms with Crippen molar-refractivity contribution in [2.45, 2.75) is 50.5 Å². The van der Waals surface area contributed by atoms with Crippen LogP contribution in [-0.4, -0.2) is 43.7 Å². The van der Waals surface area contributed by atoms with Gasteiger partial charge in [0, 0.05) is 43.7 Å². The van der Waals surface area contributed by atoms with Crippen LogP contribution in [0.25, 0.3) is 0 Å². The largest absolute Gasteiger partial charge is 0.493 e. The first kappa shape index (κ1) is 16.9. The molecule has 3 heteroatoms. The zero-order chi connectivity index (χ0) is 18.5. The summed E-state index contributed by atoms with van der Waals surface area (Å²) in [7, 11) is 0. The molecule has 4 aliphatic heterocycles. The summed E-state index contributed by atoms with van der Waals surface area (Å²) in [5.41, 5.74) is 7.67. The molecule has 4 heterocycles. The molecule has 2 aromatic carbocycles. The number of likely N-dealkylation sites (tertiary alicyclic amines) is 1. The van der Waals surface area contributed by atoms with Crippen molar-refractivity contribution in [1.29, 1.82) is 0 Å². The Kier molecular flexibility index (Phi) is 4.11. The molecule has 0 spiro atoms. The first-order valence-corrected chi connectivity index (χ1v) is 11.2. The monoisotopic (exact) mass is 374 g/mol. The third kappa shape index (κ3) is 2.67. The van der Waals surface area contributed by atoms with Crippen LogP contribution in [0.1, 0.15) is 47.4 Å². The summed E-state index contributed by atoms with van der Waals surface area (Å²) in [5.74, 6) is 1.90. The minimum Gasteiger partial charge on any atom is -0.493 e. The quantitative estimate of drug-likeness (QED) is 0.799. The highest BCUT2D eigenvalue weighted by molar-refractivity contribution is 5.68. The smallest absolute Gasteiger partial charge is 0.125 e. The van der Waals surface area contributed by atoms with E-state index in [2.05, 4.69) is 46.2 Å². The average Bonchev–Trinajstić information content (AvgIpc) is 3.34. The van der Waals surface area contributed by atoms with E-state index in [1.807, 2.05) is 0 Å². The predicted molar refractivity (Wildman–Crippen MR) is 114 cm³/mol. The van der Waals surface area contributed by atoms with Crippen molar-refractivity contribution in [2.24, 2.45) is 0 Å². The van der Waals surface area contributed by atoms with Crippen LogP contribution in [0.2, 0.25) is 0 Å². The maximum absolute atomic E-state index is 5.89. The van der Waals surface area contributed by atoms with Crippen molar-refractivity contribution in [3.63, 3.8) is 0 Å². The number of hydrogen-bond donors (Lipinski definition) is 0. The number of ether oxygens (including phenoxy) is 1. The first-order valence-electron chi connectivity index (χ1n) is 11.2. The molecular formula is C25H30N2O. The summed E-state index contributed by atoms with van der Waals surface area (Å²) in [6, 6.07) is 14.5. The Morgan fingerprint density at radius 3 is 2.93 bits per heavy atom. The van der Waals surface area contributed by atoms with Crippen molar-refractivity contribution >= 4 is 5.69 Å². The first-order chi connectivity index (χ1) is 13.9. The lowest BCUT2D eigenvalue weighted by Gasteiger charge is -2.40. The molecule has 28 heavy (non-hydrogen) atoms. The maximum atomic E-state index is 5.89. The second-order valence-corrected chi connectivity index (χ2v) is 9.02. The van der Waals surface area contributed by atoms with Gasteiger partial charge in [0.1, 0.15) is 5.75 Å². The molecule has 2 aromatic rings. The Labute approximate surface area is 168 Å². The lowest BCUT2D eigenvalue weighted by Crippen LogP contribution is -2.47. The Morgan fingerprint density at radius 2 is 1.93 bits per heavy atom. The van der Waals surface area contributed by atoms with Crippen molar-refractivity contribution in [3.05, 3.63) is 58.7 Å². The highest BCUT2D eigenvalue weighted by Crippen LogP contribution is 2.48. The Bertz CT molecular complexity index is 892. The number of nitrogens with zero attached hydrogens (tertiary/aromatic N) is 2. The van der Waals surface area contributed by atoms with E-state index in [-0.39, 0.29) is 0 Å². The summed E-state index contributed by atoms with van der Waals surface area (Å²) in [5, 5.41) is 0. The number of fused-ring (bicyclic) bond motifs is 4. The van der Waals surface area contributed by atoms with Gasteiger partial charge < -0.3 is 14.5 Å². The summed E-state index contributed by atoms with van der Waals surface area (Å²) < 4.78 is 5.89. The van der Waals surface area contributed by atoms with Gasteiger partial charge in [-0.05, 0) is 60.9 Å². The molecule has 3 nitrogen and oxygen atoms in total. The van der Waals surface area contributed by atoms with Crippen LogP contribution in [0.4, 0.5) is 5.69 Å². The second kappa shape index (κ2) is 6.81. The van der Waals surface area contributed by atoms with Gasteiger partial charge in [-0.25, -0.2) is 0 Å². The van der Waals surface area contributed by atoms with Crippen molar-refractivity contribution in [3.8, 4) is 5.75 Å². The molecule has 0 N–H and O–H groups in total. The molecule has 0 amide bonds. The third-order valence-corrected chi connectivity index (χ3v) is 7.46. The zero-order valence-electron chi connectivity index (χ0n) is 16.7. The second-order valence-electron chi connectivity index (χ2n) is 9.02. The summed E-state index contributed by atoms with van der Waals surface area (Å²) in [6.45, 7) is 5.83. The van der Waals surface area contributed by atoms with Gasteiger partial charge in [0.05, 0.1) is 6.61 Å². The van der Waals surface area contributed by atoms with Crippen LogP contribution in [0.3, 0.4) is 0 Å². The van der Waals surface area contributed by atoms with E-state index < -0.39 is 0 Å². The molecule has 0 aliphatic carbocycles. The number of benzene rings is 2. The molecule has 1 fully saturated rings. The third-order valence-electron chi connectivity index (χ3n) is 7.46. The highest BCUT2D eigenvalue weighted by atomic mass is 16.5. The van der Waals surface area contributed by atoms with Crippen LogP contribution in [0.5, 0.6) is 5.75 Å². The molecule has 0 radical (unpaired) electrons. The minimum absolute atomic E-state index is 0.714. The normalized spacial score (nSPS) is 25.2. The number of aryl methyl sites for hydroxylation is 2. The number of piperidine rings is 1. The molecule has 1 saturated heterocycles. The van der Waals surface area contributed by atoms with Gasteiger partial charge in [0.15, 0.2) is 0 Å². The molecule has 2 atom stereocenters. The van der Waals surface area contributed by atoms with E-state index >= 15 is 0 Å². The van der Waals surface area contributed by atoms with Gasteiger partial charge in [0.25, 0.3) is 0 Å². The fraction of sp³-hybridized carbons (Fsp3) is 0.520. The topological polar surface area (TPSA) is 15.7 Å². The number of para-hydroxylation sites is 2. The molecule has 6 rings (SSSR count). The van der Waals surface area contributed by atoms with Gasteiger partial charge >= 0.3 is 0 Å². The molecular weight excluding hydrogens is 344 g/mol. The molecule has 0 aromatic heterocycles. The van der Waals surface area contributed by atoms with E-state index in [1.165, 1.54) is 68.7 Å². The molecule has 4 aliphatic rings. The number of anilines is 1. The van der Waals surface area contributed by atoms with E-state index in [4.69, 9.17) is 4.74 Å². The lowest BCUT2D eigenvalue weighted by atomic mass is 9.88. The lowest BCUT2D eigenvalue weighted by molar-refractivity contribution is 0.191. The Morgan fingerprint density at radius 1 is 1.00 bits per heavy atom. The van der Waals surface area contributed by atoms with Gasteiger partial charge in [-0.1, -0.05) is 36.4 Å². The number of rotatable bonds is 4. The van der Waals surface area contributed by atoms with Gasteiger partial charge in [-0.2, -0.15) is 0 Å². The zero-order valence-corrected chi connectivity index (χ0v) is 16.7. The van der Waals surface area contributed by atoms with E-state index in [9.17, 15) is 0 Å². The summed E-state index contributed by atoms with van der Waals surface area (Å²) >= 11 is 0. The van der Waals surface area contributed by atoms with E-state index in [0.29, 0.717) is 5.92 Å². The van der Waals surface area contributed by atoms with Crippen LogP contribution in [0.15, 0.2) is 36.4 Å². The Hall–Kier alpha value is -2.00. The van der Waals surface area contributed by atoms with Crippen LogP contribution >= 0.6 is 0 Å². The predicted octanol–water partition coefficient (Wildman–Crippen LogP) is 4.18. The number of hydrogen-bond acceptors (Lipinski definition) is 3. The highest BCUT2D eigenvalue weighted by Gasteiger charge is 2.43. The average molecular weight is 375 g/mol. The van der Waals surface area contributed by atoms with Crippen molar-refractivity contribution < 1.29 is 4.74 Å². The molecule has 0 unspecified atom stereocenters. The molecule has 146 valence electrons. The van der Waals surface area contributed by atoms with Crippen LogP contribution in [0, 0.1) is 0 Å². The minimum atomic E-state index is 0.714.